The van der Waals surface area contributed by atoms with Crippen LogP contribution in [0.15, 0.2) is 0 Å². The number of carboxylic acid groups (broad SMARTS) is 1. The average molecular weight is 257 g/mol. The quantitative estimate of drug-likeness (QED) is 0.754. The minimum Gasteiger partial charge on any atom is -0.480 e. The lowest BCUT2D eigenvalue weighted by molar-refractivity contribution is -0.143. The Morgan fingerprint density at radius 2 is 2.22 bits per heavy atom. The van der Waals surface area contributed by atoms with Crippen molar-refractivity contribution in [3.8, 4) is 0 Å². The minimum atomic E-state index is -1.13. The van der Waals surface area contributed by atoms with Gasteiger partial charge in [-0.2, -0.15) is 0 Å². The van der Waals surface area contributed by atoms with E-state index in [0.717, 1.165) is 13.1 Å². The van der Waals surface area contributed by atoms with Crippen molar-refractivity contribution < 1.29 is 9.90 Å². The number of likely N-dealkylation sites (tertiary alicyclic amines) is 1. The average Bonchev–Trinajstić information content (AvgIpc) is 2.28. The Bertz CT molecular complexity index is 292. The summed E-state index contributed by atoms with van der Waals surface area (Å²) < 4.78 is 0. The van der Waals surface area contributed by atoms with Gasteiger partial charge in [-0.15, -0.1) is 0 Å². The van der Waals surface area contributed by atoms with Crippen LogP contribution in [0.25, 0.3) is 0 Å². The van der Waals surface area contributed by atoms with Crippen molar-refractivity contribution in [2.45, 2.75) is 50.7 Å². The van der Waals surface area contributed by atoms with Crippen LogP contribution in [0.5, 0.6) is 0 Å². The molecular weight excluding hydrogens is 230 g/mol. The lowest BCUT2D eigenvalue weighted by atomic mass is 9.92. The molecule has 0 aromatic heterocycles. The first-order valence-electron chi connectivity index (χ1n) is 6.67. The number of carboxylic acids is 1. The number of aliphatic carboxylic acids is 1. The molecule has 0 spiro atoms. The zero-order valence-corrected chi connectivity index (χ0v) is 12.0. The monoisotopic (exact) mass is 257 g/mol. The highest BCUT2D eigenvalue weighted by Gasteiger charge is 2.33. The molecule has 0 aromatic rings. The van der Waals surface area contributed by atoms with Crippen molar-refractivity contribution >= 4 is 5.97 Å². The number of likely N-dealkylation sites (N-methyl/N-ethyl adjacent to an activating group) is 1. The number of hydrogen-bond donors (Lipinski definition) is 2. The molecule has 0 radical (unpaired) electrons. The van der Waals surface area contributed by atoms with Crippen molar-refractivity contribution in [2.75, 3.05) is 27.2 Å². The van der Waals surface area contributed by atoms with Crippen LogP contribution in [0.3, 0.4) is 0 Å². The molecule has 18 heavy (non-hydrogen) atoms. The van der Waals surface area contributed by atoms with E-state index in [4.69, 9.17) is 10.8 Å². The van der Waals surface area contributed by atoms with Crippen LogP contribution < -0.4 is 5.73 Å². The van der Waals surface area contributed by atoms with E-state index in [1.165, 1.54) is 12.8 Å². The second-order valence-electron chi connectivity index (χ2n) is 6.03. The van der Waals surface area contributed by atoms with Crippen molar-refractivity contribution in [1.82, 2.24) is 9.80 Å². The molecule has 106 valence electrons. The van der Waals surface area contributed by atoms with Crippen LogP contribution in [0, 0.1) is 0 Å². The Labute approximate surface area is 110 Å². The molecule has 1 fully saturated rings. The van der Waals surface area contributed by atoms with E-state index in [1.807, 2.05) is 0 Å². The Kier molecular flexibility index (Phi) is 5.13. The van der Waals surface area contributed by atoms with E-state index in [0.29, 0.717) is 12.5 Å². The van der Waals surface area contributed by atoms with Gasteiger partial charge >= 0.3 is 5.97 Å². The van der Waals surface area contributed by atoms with Crippen molar-refractivity contribution in [3.05, 3.63) is 0 Å². The van der Waals surface area contributed by atoms with E-state index in [9.17, 15) is 4.79 Å². The van der Waals surface area contributed by atoms with Crippen molar-refractivity contribution in [3.63, 3.8) is 0 Å². The van der Waals surface area contributed by atoms with Gasteiger partial charge in [-0.05, 0) is 53.8 Å². The first-order chi connectivity index (χ1) is 8.24. The highest BCUT2D eigenvalue weighted by molar-refractivity contribution is 5.77. The summed E-state index contributed by atoms with van der Waals surface area (Å²) in [6, 6.07) is 0.772. The lowest BCUT2D eigenvalue weighted by Crippen LogP contribution is -2.53. The van der Waals surface area contributed by atoms with Crippen molar-refractivity contribution in [1.29, 1.82) is 0 Å². The largest absolute Gasteiger partial charge is 0.480 e. The number of carbonyl (C=O) groups is 1. The van der Waals surface area contributed by atoms with Gasteiger partial charge in [0.2, 0.25) is 0 Å². The standard InChI is InChI=1S/C13H27N3O2/c1-10(8-13(2,14)12(17)18)16-7-5-6-11(9-16)15(3)4/h10-11H,5-9,14H2,1-4H3,(H,17,18). The molecule has 1 heterocycles. The maximum atomic E-state index is 11.1. The van der Waals surface area contributed by atoms with Crippen LogP contribution in [0.2, 0.25) is 0 Å². The van der Waals surface area contributed by atoms with E-state index in [1.54, 1.807) is 6.92 Å². The van der Waals surface area contributed by atoms with E-state index in [-0.39, 0.29) is 6.04 Å². The van der Waals surface area contributed by atoms with Crippen LogP contribution in [0.4, 0.5) is 0 Å². The molecule has 5 nitrogen and oxygen atoms in total. The Hall–Kier alpha value is -0.650. The fraction of sp³-hybridized carbons (Fsp3) is 0.923. The Balaban J connectivity index is 2.56. The van der Waals surface area contributed by atoms with Gasteiger partial charge in [-0.3, -0.25) is 9.69 Å². The molecule has 0 aliphatic carbocycles. The molecule has 1 aliphatic rings. The molecule has 5 heteroatoms. The highest BCUT2D eigenvalue weighted by Crippen LogP contribution is 2.20. The predicted molar refractivity (Wildman–Crippen MR) is 72.6 cm³/mol. The summed E-state index contributed by atoms with van der Waals surface area (Å²) in [7, 11) is 4.20. The zero-order valence-electron chi connectivity index (χ0n) is 12.0. The number of nitrogens with two attached hydrogens (primary N) is 1. The van der Waals surface area contributed by atoms with Gasteiger partial charge in [0.05, 0.1) is 0 Å². The van der Waals surface area contributed by atoms with E-state index in [2.05, 4.69) is 30.8 Å². The topological polar surface area (TPSA) is 69.8 Å². The second-order valence-corrected chi connectivity index (χ2v) is 6.03. The first-order valence-corrected chi connectivity index (χ1v) is 6.67. The third-order valence-corrected chi connectivity index (χ3v) is 3.99. The fourth-order valence-electron chi connectivity index (χ4n) is 2.64. The molecule has 0 aromatic carbocycles. The van der Waals surface area contributed by atoms with Crippen LogP contribution in [-0.4, -0.2) is 65.7 Å². The summed E-state index contributed by atoms with van der Waals surface area (Å²) in [5.41, 5.74) is 4.69. The van der Waals surface area contributed by atoms with Gasteiger partial charge in [0.25, 0.3) is 0 Å². The molecule has 3 atom stereocenters. The van der Waals surface area contributed by atoms with Gasteiger partial charge in [-0.1, -0.05) is 0 Å². The number of piperidine rings is 1. The maximum absolute atomic E-state index is 11.1. The van der Waals surface area contributed by atoms with Crippen molar-refractivity contribution in [2.24, 2.45) is 5.73 Å². The van der Waals surface area contributed by atoms with Gasteiger partial charge in [0.15, 0.2) is 0 Å². The zero-order chi connectivity index (χ0) is 13.9. The molecular formula is C13H27N3O2. The van der Waals surface area contributed by atoms with E-state index >= 15 is 0 Å². The molecule has 0 bridgehead atoms. The number of hydrogen-bond acceptors (Lipinski definition) is 4. The molecule has 0 saturated carbocycles. The first kappa shape index (κ1) is 15.4. The number of nitrogens with zero attached hydrogens (tertiary/aromatic N) is 2. The molecule has 1 aliphatic heterocycles. The molecule has 3 N–H and O–H groups in total. The Morgan fingerprint density at radius 3 is 2.72 bits per heavy atom. The second kappa shape index (κ2) is 5.99. The molecule has 1 rings (SSSR count). The summed E-state index contributed by atoms with van der Waals surface area (Å²) in [5, 5.41) is 9.08. The maximum Gasteiger partial charge on any atom is 0.323 e. The van der Waals surface area contributed by atoms with Gasteiger partial charge in [0, 0.05) is 18.6 Å². The molecule has 0 amide bonds. The van der Waals surface area contributed by atoms with Gasteiger partial charge in [0.1, 0.15) is 5.54 Å². The third kappa shape index (κ3) is 3.93. The van der Waals surface area contributed by atoms with Crippen LogP contribution in [0.1, 0.15) is 33.1 Å². The van der Waals surface area contributed by atoms with E-state index < -0.39 is 11.5 Å². The lowest BCUT2D eigenvalue weighted by Gasteiger charge is -2.40. The summed E-state index contributed by atoms with van der Waals surface area (Å²) >= 11 is 0. The van der Waals surface area contributed by atoms with Gasteiger partial charge < -0.3 is 15.7 Å². The van der Waals surface area contributed by atoms with Crippen LogP contribution >= 0.6 is 0 Å². The summed E-state index contributed by atoms with van der Waals surface area (Å²) in [4.78, 5) is 15.7. The third-order valence-electron chi connectivity index (χ3n) is 3.99. The number of rotatable bonds is 5. The molecule has 1 saturated heterocycles. The normalized spacial score (nSPS) is 26.9. The van der Waals surface area contributed by atoms with Gasteiger partial charge in [-0.25, -0.2) is 0 Å². The minimum absolute atomic E-state index is 0.207. The van der Waals surface area contributed by atoms with Crippen LogP contribution in [-0.2, 0) is 4.79 Å². The summed E-state index contributed by atoms with van der Waals surface area (Å²) in [6.07, 6.45) is 2.87. The molecule has 3 unspecified atom stereocenters. The summed E-state index contributed by atoms with van der Waals surface area (Å²) in [5.74, 6) is -0.921. The smallest absolute Gasteiger partial charge is 0.323 e. The highest BCUT2D eigenvalue weighted by atomic mass is 16.4. The predicted octanol–water partition coefficient (Wildman–Crippen LogP) is 0.593. The summed E-state index contributed by atoms with van der Waals surface area (Å²) in [6.45, 7) is 5.72. The Morgan fingerprint density at radius 1 is 1.61 bits per heavy atom. The fourth-order valence-corrected chi connectivity index (χ4v) is 2.64. The SMILES string of the molecule is CC(CC(C)(N)C(=O)O)N1CCCC(N(C)C)C1.